The van der Waals surface area contributed by atoms with Crippen LogP contribution < -0.4 is 5.32 Å². The van der Waals surface area contributed by atoms with Gasteiger partial charge in [-0.25, -0.2) is 9.37 Å². The van der Waals surface area contributed by atoms with E-state index in [1.54, 1.807) is 12.1 Å². The normalized spacial score (nSPS) is 12.2. The number of aromatic nitrogens is 2. The number of rotatable bonds is 8. The summed E-state index contributed by atoms with van der Waals surface area (Å²) in [5.74, 6) is 0.910. The molecule has 0 saturated heterocycles. The quantitative estimate of drug-likeness (QED) is 0.620. The van der Waals surface area contributed by atoms with Crippen LogP contribution in [0.1, 0.15) is 43.5 Å². The van der Waals surface area contributed by atoms with Gasteiger partial charge in [-0.05, 0) is 48.6 Å². The van der Waals surface area contributed by atoms with Crippen LogP contribution in [0.2, 0.25) is 0 Å². The third-order valence-corrected chi connectivity index (χ3v) is 4.68. The second kappa shape index (κ2) is 8.61. The molecule has 1 amide bonds. The van der Waals surface area contributed by atoms with Crippen molar-refractivity contribution in [3.8, 4) is 0 Å². The molecule has 1 atom stereocenters. The number of pyridine rings is 1. The molecule has 136 valence electrons. The topological polar surface area (TPSA) is 46.4 Å². The molecule has 0 radical (unpaired) electrons. The van der Waals surface area contributed by atoms with Crippen molar-refractivity contribution in [1.82, 2.24) is 14.7 Å². The van der Waals surface area contributed by atoms with Crippen molar-refractivity contribution in [2.75, 3.05) is 6.54 Å². The van der Waals surface area contributed by atoms with Crippen molar-refractivity contribution in [1.29, 1.82) is 0 Å². The van der Waals surface area contributed by atoms with Gasteiger partial charge < -0.3 is 9.72 Å². The molecule has 26 heavy (non-hydrogen) atoms. The summed E-state index contributed by atoms with van der Waals surface area (Å²) >= 11 is 0. The number of nitrogens with zero attached hydrogens (tertiary/aromatic N) is 2. The Morgan fingerprint density at radius 3 is 2.81 bits per heavy atom. The van der Waals surface area contributed by atoms with Crippen molar-refractivity contribution >= 4 is 11.4 Å². The lowest BCUT2D eigenvalue weighted by atomic mass is 9.93. The monoisotopic (exact) mass is 353 g/mol. The Balaban J connectivity index is 1.45. The molecule has 0 bridgehead atoms. The molecule has 0 aliphatic heterocycles. The lowest BCUT2D eigenvalue weighted by Gasteiger charge is -2.15. The van der Waals surface area contributed by atoms with Gasteiger partial charge >= 0.3 is 0 Å². The summed E-state index contributed by atoms with van der Waals surface area (Å²) in [6.07, 6.45) is 6.79. The molecule has 3 rings (SSSR count). The molecule has 0 aliphatic carbocycles. The van der Waals surface area contributed by atoms with E-state index in [0.717, 1.165) is 36.2 Å². The Morgan fingerprint density at radius 2 is 2.04 bits per heavy atom. The number of imidazole rings is 1. The molecule has 0 saturated carbocycles. The molecule has 2 heterocycles. The molecule has 5 heteroatoms. The van der Waals surface area contributed by atoms with E-state index in [9.17, 15) is 9.18 Å². The third kappa shape index (κ3) is 4.48. The summed E-state index contributed by atoms with van der Waals surface area (Å²) in [5, 5.41) is 2.99. The number of amides is 1. The lowest BCUT2D eigenvalue weighted by molar-refractivity contribution is -0.121. The van der Waals surface area contributed by atoms with E-state index in [-0.39, 0.29) is 17.6 Å². The maximum atomic E-state index is 13.1. The van der Waals surface area contributed by atoms with Crippen molar-refractivity contribution in [3.05, 3.63) is 72.1 Å². The maximum absolute atomic E-state index is 13.1. The maximum Gasteiger partial charge on any atom is 0.220 e. The van der Waals surface area contributed by atoms with Crippen molar-refractivity contribution in [2.45, 2.75) is 38.5 Å². The fourth-order valence-corrected chi connectivity index (χ4v) is 3.19. The molecule has 1 unspecified atom stereocenters. The first-order valence-corrected chi connectivity index (χ1v) is 9.10. The minimum absolute atomic E-state index is 0.0363. The molecule has 3 aromatic rings. The van der Waals surface area contributed by atoms with Gasteiger partial charge in [0.05, 0.1) is 11.7 Å². The van der Waals surface area contributed by atoms with E-state index in [1.165, 1.54) is 12.1 Å². The highest BCUT2D eigenvalue weighted by atomic mass is 19.1. The van der Waals surface area contributed by atoms with E-state index in [1.807, 2.05) is 37.5 Å². The molecule has 2 aromatic heterocycles. The first kappa shape index (κ1) is 18.1. The molecule has 1 aromatic carbocycles. The Kier molecular flexibility index (Phi) is 6.00. The molecule has 0 aliphatic rings. The first-order chi connectivity index (χ1) is 12.7. The lowest BCUT2D eigenvalue weighted by Crippen LogP contribution is -2.26. The second-order valence-corrected chi connectivity index (χ2v) is 6.48. The highest BCUT2D eigenvalue weighted by Gasteiger charge is 2.14. The fourth-order valence-electron chi connectivity index (χ4n) is 3.19. The van der Waals surface area contributed by atoms with E-state index in [2.05, 4.69) is 14.7 Å². The van der Waals surface area contributed by atoms with Crippen LogP contribution in [0.5, 0.6) is 0 Å². The minimum Gasteiger partial charge on any atom is -0.356 e. The van der Waals surface area contributed by atoms with Crippen LogP contribution >= 0.6 is 0 Å². The predicted molar refractivity (Wildman–Crippen MR) is 101 cm³/mol. The van der Waals surface area contributed by atoms with Gasteiger partial charge in [0.15, 0.2) is 0 Å². The number of hydrogen-bond donors (Lipinski definition) is 1. The Hall–Kier alpha value is -2.69. The van der Waals surface area contributed by atoms with E-state index < -0.39 is 0 Å². The van der Waals surface area contributed by atoms with Gasteiger partial charge in [-0.15, -0.1) is 0 Å². The van der Waals surface area contributed by atoms with E-state index in [0.29, 0.717) is 13.0 Å². The predicted octanol–water partition coefficient (Wildman–Crippen LogP) is 4.11. The number of aryl methyl sites for hydroxylation is 1. The Labute approximate surface area is 153 Å². The Morgan fingerprint density at radius 1 is 1.23 bits per heavy atom. The van der Waals surface area contributed by atoms with Crippen LogP contribution in [0.4, 0.5) is 4.39 Å². The zero-order valence-electron chi connectivity index (χ0n) is 15.0. The number of fused-ring (bicyclic) bond motifs is 1. The van der Waals surface area contributed by atoms with Gasteiger partial charge in [0.25, 0.3) is 0 Å². The average molecular weight is 353 g/mol. The summed E-state index contributed by atoms with van der Waals surface area (Å²) in [7, 11) is 0. The summed E-state index contributed by atoms with van der Waals surface area (Å²) < 4.78 is 15.1. The summed E-state index contributed by atoms with van der Waals surface area (Å²) in [5.41, 5.74) is 2.09. The zero-order valence-corrected chi connectivity index (χ0v) is 15.0. The Bertz CT molecular complexity index is 857. The number of carbonyl (C=O) groups is 1. The molecule has 4 nitrogen and oxygen atoms in total. The summed E-state index contributed by atoms with van der Waals surface area (Å²) in [4.78, 5) is 16.7. The van der Waals surface area contributed by atoms with Gasteiger partial charge in [0.2, 0.25) is 5.91 Å². The van der Waals surface area contributed by atoms with Crippen molar-refractivity contribution < 1.29 is 9.18 Å². The van der Waals surface area contributed by atoms with Crippen molar-refractivity contribution in [3.63, 3.8) is 0 Å². The molecule has 0 spiro atoms. The van der Waals surface area contributed by atoms with E-state index >= 15 is 0 Å². The number of halogens is 1. The number of benzene rings is 1. The number of hydrogen-bond acceptors (Lipinski definition) is 2. The zero-order chi connectivity index (χ0) is 18.4. The summed E-state index contributed by atoms with van der Waals surface area (Å²) in [6, 6.07) is 12.4. The summed E-state index contributed by atoms with van der Waals surface area (Å²) in [6.45, 7) is 2.67. The second-order valence-electron chi connectivity index (χ2n) is 6.48. The number of carbonyl (C=O) groups excluding carboxylic acids is 1. The molecular weight excluding hydrogens is 329 g/mol. The van der Waals surface area contributed by atoms with Crippen LogP contribution in [-0.4, -0.2) is 21.8 Å². The molecular formula is C21H24FN3O. The standard InChI is InChI=1S/C21H24FN3O/c1-2-16(17-8-10-18(22)11-9-17)14-21(26)23-12-5-7-20-24-15-19-6-3-4-13-25(19)20/h3-4,6,8-11,13,15-16H,2,5,7,12,14H2,1H3,(H,23,26). The smallest absolute Gasteiger partial charge is 0.220 e. The average Bonchev–Trinajstić information content (AvgIpc) is 3.07. The SMILES string of the molecule is CCC(CC(=O)NCCCc1ncc2ccccn12)c1ccc(F)cc1. The molecule has 0 fully saturated rings. The highest BCUT2D eigenvalue weighted by Crippen LogP contribution is 2.23. The van der Waals surface area contributed by atoms with Crippen LogP contribution in [0, 0.1) is 5.82 Å². The third-order valence-electron chi connectivity index (χ3n) is 4.68. The van der Waals surface area contributed by atoms with Crippen LogP contribution in [0.15, 0.2) is 54.9 Å². The largest absolute Gasteiger partial charge is 0.356 e. The molecule has 1 N–H and O–H groups in total. The minimum atomic E-state index is -0.250. The van der Waals surface area contributed by atoms with Crippen LogP contribution in [-0.2, 0) is 11.2 Å². The van der Waals surface area contributed by atoms with Gasteiger partial charge in [-0.2, -0.15) is 0 Å². The highest BCUT2D eigenvalue weighted by molar-refractivity contribution is 5.76. The van der Waals surface area contributed by atoms with Crippen molar-refractivity contribution in [2.24, 2.45) is 0 Å². The van der Waals surface area contributed by atoms with Crippen LogP contribution in [0.3, 0.4) is 0 Å². The van der Waals surface area contributed by atoms with Gasteiger partial charge in [0.1, 0.15) is 11.6 Å². The fraction of sp³-hybridized carbons (Fsp3) is 0.333. The van der Waals surface area contributed by atoms with Gasteiger partial charge in [-0.3, -0.25) is 4.79 Å². The number of nitrogens with one attached hydrogen (secondary N) is 1. The van der Waals surface area contributed by atoms with Crippen LogP contribution in [0.25, 0.3) is 5.52 Å². The van der Waals surface area contributed by atoms with E-state index in [4.69, 9.17) is 0 Å². The van der Waals surface area contributed by atoms with Gasteiger partial charge in [-0.1, -0.05) is 25.1 Å². The van der Waals surface area contributed by atoms with Gasteiger partial charge in [0, 0.05) is 25.6 Å². The first-order valence-electron chi connectivity index (χ1n) is 9.10.